The zero-order chi connectivity index (χ0) is 29.0. The van der Waals surface area contributed by atoms with E-state index in [9.17, 15) is 4.79 Å². The molecule has 0 bridgehead atoms. The Morgan fingerprint density at radius 2 is 1.87 bits per heavy atom. The van der Waals surface area contributed by atoms with Crippen molar-refractivity contribution in [3.05, 3.63) is 48.6 Å². The maximum absolute atomic E-state index is 10.0. The minimum absolute atomic E-state index is 0.180. The molecule has 39 heavy (non-hydrogen) atoms. The number of nitrogens with zero attached hydrogens (tertiary/aromatic N) is 4. The average molecular weight is 541 g/mol. The summed E-state index contributed by atoms with van der Waals surface area (Å²) in [5, 5.41) is 12.5. The van der Waals surface area contributed by atoms with Gasteiger partial charge in [0.05, 0.1) is 30.5 Å². The van der Waals surface area contributed by atoms with Crippen LogP contribution in [-0.2, 0) is 9.63 Å². The molecule has 9 nitrogen and oxygen atoms in total. The van der Waals surface area contributed by atoms with Gasteiger partial charge in [0.15, 0.2) is 0 Å². The summed E-state index contributed by atoms with van der Waals surface area (Å²) in [5.41, 5.74) is 2.10. The Morgan fingerprint density at radius 1 is 1.23 bits per heavy atom. The van der Waals surface area contributed by atoms with E-state index in [0.29, 0.717) is 12.5 Å². The molecule has 2 N–H and O–H groups in total. The largest absolute Gasteiger partial charge is 0.476 e. The number of rotatable bonds is 9. The summed E-state index contributed by atoms with van der Waals surface area (Å²) in [7, 11) is 4.10. The second-order valence-corrected chi connectivity index (χ2v) is 9.41. The number of allylic oxidation sites excluding steroid dienone is 1. The topological polar surface area (TPSA) is 83.9 Å². The fraction of sp³-hybridized carbons (Fsp3) is 0.533. The van der Waals surface area contributed by atoms with E-state index in [4.69, 9.17) is 9.57 Å². The van der Waals surface area contributed by atoms with E-state index < -0.39 is 0 Å². The van der Waals surface area contributed by atoms with Crippen molar-refractivity contribution >= 4 is 12.2 Å². The molecule has 1 aromatic carbocycles. The number of piperidine rings is 1. The van der Waals surface area contributed by atoms with Crippen molar-refractivity contribution in [2.75, 3.05) is 58.8 Å². The molecule has 0 unspecified atom stereocenters. The molecule has 9 heteroatoms. The summed E-state index contributed by atoms with van der Waals surface area (Å²) in [5.74, 6) is 2.34. The number of ether oxygens (including phenoxy) is 1. The van der Waals surface area contributed by atoms with Gasteiger partial charge in [-0.15, -0.1) is 24.5 Å². The molecule has 4 rings (SSSR count). The van der Waals surface area contributed by atoms with Gasteiger partial charge in [-0.25, -0.2) is 4.68 Å². The molecule has 2 aliphatic rings. The number of hydrogen-bond donors (Lipinski definition) is 2. The van der Waals surface area contributed by atoms with Gasteiger partial charge in [0.1, 0.15) is 5.82 Å². The summed E-state index contributed by atoms with van der Waals surface area (Å²) < 4.78 is 7.98. The average Bonchev–Trinajstić information content (AvgIpc) is 3.54. The highest BCUT2D eigenvalue weighted by molar-refractivity contribution is 5.54. The molecule has 2 aromatic rings. The number of para-hydroxylation sites is 1. The number of hydroxylamine groups is 2. The number of likely N-dealkylation sites (tertiary alicyclic amines) is 1. The number of terminal acetylenes is 1. The number of nitrogens with one attached hydrogen (secondary N) is 2. The maximum Gasteiger partial charge on any atom is 0.238 e. The molecule has 2 aliphatic heterocycles. The Balaban J connectivity index is 0.000000397. The number of anilines is 1. The van der Waals surface area contributed by atoms with Crippen LogP contribution in [0.25, 0.3) is 5.69 Å². The van der Waals surface area contributed by atoms with Gasteiger partial charge in [-0.1, -0.05) is 31.2 Å². The first-order valence-electron chi connectivity index (χ1n) is 13.6. The summed E-state index contributed by atoms with van der Waals surface area (Å²) in [4.78, 5) is 17.7. The monoisotopic (exact) mass is 540 g/mol. The highest BCUT2D eigenvalue weighted by Crippen LogP contribution is 2.28. The molecule has 1 amide bonds. The van der Waals surface area contributed by atoms with Crippen LogP contribution in [0.5, 0.6) is 5.88 Å². The van der Waals surface area contributed by atoms with E-state index in [1.807, 2.05) is 54.0 Å². The third-order valence-corrected chi connectivity index (χ3v) is 6.27. The molecule has 1 atom stereocenters. The van der Waals surface area contributed by atoms with Crippen molar-refractivity contribution in [1.29, 1.82) is 0 Å². The fourth-order valence-corrected chi connectivity index (χ4v) is 4.24. The number of amides is 1. The Labute approximate surface area is 235 Å². The van der Waals surface area contributed by atoms with Gasteiger partial charge >= 0.3 is 0 Å². The van der Waals surface area contributed by atoms with Crippen LogP contribution in [0.3, 0.4) is 0 Å². The minimum Gasteiger partial charge on any atom is -0.476 e. The Morgan fingerprint density at radius 3 is 2.44 bits per heavy atom. The van der Waals surface area contributed by atoms with Crippen molar-refractivity contribution in [2.24, 2.45) is 5.92 Å². The van der Waals surface area contributed by atoms with Crippen molar-refractivity contribution in [1.82, 2.24) is 25.1 Å². The molecule has 2 fully saturated rings. The molecule has 0 aliphatic carbocycles. The van der Waals surface area contributed by atoms with E-state index >= 15 is 0 Å². The van der Waals surface area contributed by atoms with Gasteiger partial charge in [0.2, 0.25) is 12.3 Å². The van der Waals surface area contributed by atoms with Gasteiger partial charge in [-0.2, -0.15) is 5.06 Å². The predicted molar refractivity (Wildman–Crippen MR) is 160 cm³/mol. The van der Waals surface area contributed by atoms with Crippen LogP contribution in [0.2, 0.25) is 0 Å². The Hall–Kier alpha value is -3.32. The minimum atomic E-state index is 0.180. The molecule has 0 spiro atoms. The SMILES string of the molecule is C#C.C=CC.CCCN1C[C@@H](NC=O)CO1.CNc1c(C)c(OCC2CCN(C)CC2)nn1-c1ccccc1. The highest BCUT2D eigenvalue weighted by Gasteiger charge is 2.22. The third kappa shape index (κ3) is 11.5. The molecule has 3 heterocycles. The van der Waals surface area contributed by atoms with Crippen LogP contribution in [0.4, 0.5) is 5.82 Å². The summed E-state index contributed by atoms with van der Waals surface area (Å²) in [6.07, 6.45) is 14.0. The number of aromatic nitrogens is 2. The molecular formula is C30H48N6O3. The third-order valence-electron chi connectivity index (χ3n) is 6.27. The van der Waals surface area contributed by atoms with Crippen LogP contribution >= 0.6 is 0 Å². The van der Waals surface area contributed by atoms with Gasteiger partial charge in [-0.3, -0.25) is 9.63 Å². The van der Waals surface area contributed by atoms with Crippen molar-refractivity contribution in [3.8, 4) is 24.4 Å². The van der Waals surface area contributed by atoms with Crippen LogP contribution in [-0.4, -0.2) is 85.7 Å². The standard InChI is InChI=1S/C18H26N4O.C7H14N2O2.C3H6.C2H2/c1-14-17(19-2)22(16-7-5-4-6-8-16)20-18(14)23-13-15-9-11-21(3)12-10-15;1-2-3-9-4-7(5-11-9)8-6-10;1-3-2;1-2/h4-8,15,19H,9-13H2,1-3H3;6-7H,2-5H2,1H3,(H,8,10);3H,1H2,2H3;1-2H/t;7-;;/m.1../s1. The van der Waals surface area contributed by atoms with E-state index in [-0.39, 0.29) is 6.04 Å². The lowest BCUT2D eigenvalue weighted by molar-refractivity contribution is -0.111. The molecule has 216 valence electrons. The van der Waals surface area contributed by atoms with Crippen molar-refractivity contribution in [3.63, 3.8) is 0 Å². The number of carbonyl (C=O) groups excluding carboxylic acids is 1. The van der Waals surface area contributed by atoms with E-state index in [1.54, 1.807) is 6.08 Å². The first-order valence-corrected chi connectivity index (χ1v) is 13.6. The number of hydrogen-bond acceptors (Lipinski definition) is 7. The van der Waals surface area contributed by atoms with Crippen LogP contribution in [0, 0.1) is 25.7 Å². The Kier molecular flexibility index (Phi) is 17.0. The lowest BCUT2D eigenvalue weighted by Gasteiger charge is -2.28. The number of benzene rings is 1. The summed E-state index contributed by atoms with van der Waals surface area (Å²) in [6.45, 7) is 14.8. The predicted octanol–water partition coefficient (Wildman–Crippen LogP) is 4.14. The van der Waals surface area contributed by atoms with Crippen LogP contribution in [0.15, 0.2) is 43.0 Å². The smallest absolute Gasteiger partial charge is 0.238 e. The lowest BCUT2D eigenvalue weighted by atomic mass is 9.98. The quantitative estimate of drug-likeness (QED) is 0.281. The van der Waals surface area contributed by atoms with E-state index in [2.05, 4.69) is 61.0 Å². The second-order valence-electron chi connectivity index (χ2n) is 9.41. The molecule has 0 saturated carbocycles. The van der Waals surface area contributed by atoms with Crippen molar-refractivity contribution < 1.29 is 14.4 Å². The molecular weight excluding hydrogens is 492 g/mol. The van der Waals surface area contributed by atoms with Crippen LogP contribution < -0.4 is 15.4 Å². The summed E-state index contributed by atoms with van der Waals surface area (Å²) in [6, 6.07) is 10.3. The normalized spacial score (nSPS) is 17.3. The van der Waals surface area contributed by atoms with E-state index in [1.165, 1.54) is 12.8 Å². The number of carbonyl (C=O) groups is 1. The van der Waals surface area contributed by atoms with Crippen molar-refractivity contribution in [2.45, 2.75) is 46.1 Å². The van der Waals surface area contributed by atoms with Crippen LogP contribution in [0.1, 0.15) is 38.7 Å². The first kappa shape index (κ1) is 33.7. The molecule has 1 aromatic heterocycles. The maximum atomic E-state index is 10.0. The Bertz CT molecular complexity index is 954. The van der Waals surface area contributed by atoms with Gasteiger partial charge in [0.25, 0.3) is 0 Å². The lowest BCUT2D eigenvalue weighted by Crippen LogP contribution is -2.33. The first-order chi connectivity index (χ1) is 19.0. The molecule has 2 saturated heterocycles. The molecule has 0 radical (unpaired) electrons. The van der Waals surface area contributed by atoms with Gasteiger partial charge in [-0.05, 0) is 71.3 Å². The van der Waals surface area contributed by atoms with Gasteiger partial charge < -0.3 is 20.3 Å². The zero-order valence-electron chi connectivity index (χ0n) is 24.4. The zero-order valence-corrected chi connectivity index (χ0v) is 24.4. The highest BCUT2D eigenvalue weighted by atomic mass is 16.7. The second kappa shape index (κ2) is 19.7. The fourth-order valence-electron chi connectivity index (χ4n) is 4.24. The van der Waals surface area contributed by atoms with Gasteiger partial charge in [0, 0.05) is 20.1 Å². The summed E-state index contributed by atoms with van der Waals surface area (Å²) >= 11 is 0. The van der Waals surface area contributed by atoms with E-state index in [0.717, 1.165) is 68.6 Å².